The van der Waals surface area contributed by atoms with Crippen molar-refractivity contribution < 1.29 is 0 Å². The molecule has 0 aliphatic heterocycles. The van der Waals surface area contributed by atoms with Crippen LogP contribution in [0.25, 0.3) is 5.69 Å². The second-order valence-electron chi connectivity index (χ2n) is 6.58. The van der Waals surface area contributed by atoms with Crippen LogP contribution in [0.1, 0.15) is 18.1 Å². The Hall–Kier alpha value is -3.66. The number of aromatic nitrogens is 2. The van der Waals surface area contributed by atoms with E-state index in [4.69, 9.17) is 5.10 Å². The Balaban J connectivity index is 1.61. The van der Waals surface area contributed by atoms with E-state index in [0.29, 0.717) is 0 Å². The lowest BCUT2D eigenvalue weighted by atomic mass is 10.1. The Morgan fingerprint density at radius 1 is 0.893 bits per heavy atom. The highest BCUT2D eigenvalue weighted by molar-refractivity contribution is 5.99. The van der Waals surface area contributed by atoms with Crippen molar-refractivity contribution in [3.8, 4) is 5.69 Å². The summed E-state index contributed by atoms with van der Waals surface area (Å²) in [6, 6.07) is 29.0. The number of hydrogen-bond donors (Lipinski definition) is 0. The lowest BCUT2D eigenvalue weighted by Crippen LogP contribution is -2.18. The highest BCUT2D eigenvalue weighted by Crippen LogP contribution is 2.19. The standard InChI is InChI=1S/C24H22N4/c1-20(22-12-14-23(15-13-22)27-17-16-25-19-27)26-28(24-10-6-3-7-11-24)18-21-8-4-2-5-9-21/h2-17,19H,18H2,1H3. The number of hydrazone groups is 1. The third kappa shape index (κ3) is 4.18. The normalized spacial score (nSPS) is 11.4. The van der Waals surface area contributed by atoms with Crippen molar-refractivity contribution in [3.05, 3.63) is 115 Å². The van der Waals surface area contributed by atoms with E-state index >= 15 is 0 Å². The minimum absolute atomic E-state index is 0.718. The minimum Gasteiger partial charge on any atom is -0.306 e. The maximum atomic E-state index is 4.94. The summed E-state index contributed by atoms with van der Waals surface area (Å²) in [5, 5.41) is 6.99. The first-order valence-electron chi connectivity index (χ1n) is 9.30. The lowest BCUT2D eigenvalue weighted by Gasteiger charge is -2.21. The number of rotatable bonds is 6. The molecular formula is C24H22N4. The molecule has 0 unspecified atom stereocenters. The lowest BCUT2D eigenvalue weighted by molar-refractivity contribution is 0.854. The zero-order valence-corrected chi connectivity index (χ0v) is 15.8. The van der Waals surface area contributed by atoms with E-state index in [1.165, 1.54) is 5.56 Å². The van der Waals surface area contributed by atoms with Gasteiger partial charge in [-0.05, 0) is 42.3 Å². The first-order chi connectivity index (χ1) is 13.8. The number of imidazole rings is 1. The maximum absolute atomic E-state index is 4.94. The maximum Gasteiger partial charge on any atom is 0.0991 e. The first-order valence-corrected chi connectivity index (χ1v) is 9.30. The monoisotopic (exact) mass is 366 g/mol. The third-order valence-electron chi connectivity index (χ3n) is 4.59. The molecule has 0 bridgehead atoms. The number of nitrogens with zero attached hydrogens (tertiary/aromatic N) is 4. The second kappa shape index (κ2) is 8.35. The van der Waals surface area contributed by atoms with Crippen molar-refractivity contribution in [1.82, 2.24) is 9.55 Å². The molecule has 0 radical (unpaired) electrons. The Labute approximate surface area is 165 Å². The summed E-state index contributed by atoms with van der Waals surface area (Å²) in [5.74, 6) is 0. The molecule has 0 atom stereocenters. The van der Waals surface area contributed by atoms with Crippen molar-refractivity contribution in [1.29, 1.82) is 0 Å². The summed E-state index contributed by atoms with van der Waals surface area (Å²) in [4.78, 5) is 4.10. The Morgan fingerprint density at radius 2 is 1.57 bits per heavy atom. The van der Waals surface area contributed by atoms with E-state index in [1.807, 2.05) is 42.0 Å². The van der Waals surface area contributed by atoms with Crippen LogP contribution >= 0.6 is 0 Å². The van der Waals surface area contributed by atoms with E-state index in [1.54, 1.807) is 12.5 Å². The number of para-hydroxylation sites is 1. The average Bonchev–Trinajstić information content (AvgIpc) is 3.30. The Morgan fingerprint density at radius 3 is 2.21 bits per heavy atom. The molecule has 0 aliphatic rings. The molecule has 4 rings (SSSR count). The smallest absolute Gasteiger partial charge is 0.0991 e. The molecule has 0 aliphatic carbocycles. The molecule has 4 aromatic rings. The molecule has 0 saturated carbocycles. The zero-order valence-electron chi connectivity index (χ0n) is 15.8. The van der Waals surface area contributed by atoms with Crippen molar-refractivity contribution in [2.24, 2.45) is 5.10 Å². The van der Waals surface area contributed by atoms with Gasteiger partial charge in [0.2, 0.25) is 0 Å². The van der Waals surface area contributed by atoms with Crippen LogP contribution in [0.4, 0.5) is 5.69 Å². The summed E-state index contributed by atoms with van der Waals surface area (Å²) in [7, 11) is 0. The first kappa shape index (κ1) is 17.7. The third-order valence-corrected chi connectivity index (χ3v) is 4.59. The SMILES string of the molecule is CC(=NN(Cc1ccccc1)c1ccccc1)c1ccc(-n2ccnc2)cc1. The molecule has 0 N–H and O–H groups in total. The van der Waals surface area contributed by atoms with Gasteiger partial charge in [-0.3, -0.25) is 5.01 Å². The minimum atomic E-state index is 0.718. The molecule has 0 saturated heterocycles. The van der Waals surface area contributed by atoms with E-state index < -0.39 is 0 Å². The van der Waals surface area contributed by atoms with Gasteiger partial charge >= 0.3 is 0 Å². The predicted octanol–water partition coefficient (Wildman–Crippen LogP) is 5.30. The van der Waals surface area contributed by atoms with Crippen molar-refractivity contribution in [3.63, 3.8) is 0 Å². The largest absolute Gasteiger partial charge is 0.306 e. The van der Waals surface area contributed by atoms with Crippen LogP contribution in [0, 0.1) is 0 Å². The molecule has 0 fully saturated rings. The van der Waals surface area contributed by atoms with Gasteiger partial charge in [0.05, 0.1) is 24.3 Å². The molecule has 4 nitrogen and oxygen atoms in total. The van der Waals surface area contributed by atoms with Crippen LogP contribution in [0.5, 0.6) is 0 Å². The fraction of sp³-hybridized carbons (Fsp3) is 0.0833. The van der Waals surface area contributed by atoms with Crippen LogP contribution in [0.2, 0.25) is 0 Å². The van der Waals surface area contributed by atoms with Gasteiger partial charge in [0, 0.05) is 18.1 Å². The fourth-order valence-electron chi connectivity index (χ4n) is 3.07. The molecule has 0 spiro atoms. The molecular weight excluding hydrogens is 344 g/mol. The summed E-state index contributed by atoms with van der Waals surface area (Å²) in [6.45, 7) is 2.77. The quantitative estimate of drug-likeness (QED) is 0.342. The average molecular weight is 366 g/mol. The van der Waals surface area contributed by atoms with Gasteiger partial charge in [0.1, 0.15) is 0 Å². The van der Waals surface area contributed by atoms with E-state index in [0.717, 1.165) is 29.2 Å². The van der Waals surface area contributed by atoms with Gasteiger partial charge in [-0.25, -0.2) is 4.98 Å². The molecule has 1 heterocycles. The summed E-state index contributed by atoms with van der Waals surface area (Å²) in [6.07, 6.45) is 5.52. The topological polar surface area (TPSA) is 33.4 Å². The van der Waals surface area contributed by atoms with Gasteiger partial charge in [-0.2, -0.15) is 5.10 Å². The molecule has 1 aromatic heterocycles. The van der Waals surface area contributed by atoms with Crippen LogP contribution in [0.15, 0.2) is 109 Å². The van der Waals surface area contributed by atoms with Crippen molar-refractivity contribution >= 4 is 11.4 Å². The van der Waals surface area contributed by atoms with Crippen molar-refractivity contribution in [2.45, 2.75) is 13.5 Å². The van der Waals surface area contributed by atoms with E-state index in [9.17, 15) is 0 Å². The van der Waals surface area contributed by atoms with Gasteiger partial charge < -0.3 is 4.57 Å². The van der Waals surface area contributed by atoms with Crippen LogP contribution in [-0.4, -0.2) is 15.3 Å². The summed E-state index contributed by atoms with van der Waals surface area (Å²) < 4.78 is 1.99. The Kier molecular flexibility index (Phi) is 5.29. The van der Waals surface area contributed by atoms with Gasteiger partial charge in [-0.1, -0.05) is 60.7 Å². The number of anilines is 1. The molecule has 0 amide bonds. The van der Waals surface area contributed by atoms with Gasteiger partial charge in [0.15, 0.2) is 0 Å². The second-order valence-corrected chi connectivity index (χ2v) is 6.58. The zero-order chi connectivity index (χ0) is 19.2. The van der Waals surface area contributed by atoms with Crippen LogP contribution in [-0.2, 0) is 6.54 Å². The number of benzene rings is 3. The predicted molar refractivity (Wildman–Crippen MR) is 115 cm³/mol. The van der Waals surface area contributed by atoms with E-state index in [-0.39, 0.29) is 0 Å². The van der Waals surface area contributed by atoms with Crippen LogP contribution in [0.3, 0.4) is 0 Å². The van der Waals surface area contributed by atoms with Crippen LogP contribution < -0.4 is 5.01 Å². The molecule has 138 valence electrons. The van der Waals surface area contributed by atoms with Gasteiger partial charge in [0.25, 0.3) is 0 Å². The van der Waals surface area contributed by atoms with E-state index in [2.05, 4.69) is 70.7 Å². The molecule has 28 heavy (non-hydrogen) atoms. The van der Waals surface area contributed by atoms with Crippen molar-refractivity contribution in [2.75, 3.05) is 5.01 Å². The highest BCUT2D eigenvalue weighted by atomic mass is 15.5. The Bertz CT molecular complexity index is 1020. The molecule has 4 heteroatoms. The number of hydrogen-bond acceptors (Lipinski definition) is 3. The fourth-order valence-corrected chi connectivity index (χ4v) is 3.07. The highest BCUT2D eigenvalue weighted by Gasteiger charge is 2.08. The summed E-state index contributed by atoms with van der Waals surface area (Å²) in [5.41, 5.74) is 5.44. The summed E-state index contributed by atoms with van der Waals surface area (Å²) >= 11 is 0. The molecule has 3 aromatic carbocycles. The van der Waals surface area contributed by atoms with Gasteiger partial charge in [-0.15, -0.1) is 0 Å².